The summed E-state index contributed by atoms with van der Waals surface area (Å²) in [6.07, 6.45) is 4.32. The summed E-state index contributed by atoms with van der Waals surface area (Å²) in [6.45, 7) is 1.45. The summed E-state index contributed by atoms with van der Waals surface area (Å²) in [4.78, 5) is 13.9. The maximum absolute atomic E-state index is 12.1. The first-order valence-electron chi connectivity index (χ1n) is 7.01. The number of carbonyl (C=O) groups excluding carboxylic acids is 1. The van der Waals surface area contributed by atoms with Gasteiger partial charge in [-0.25, -0.2) is 0 Å². The fraction of sp³-hybridized carbons (Fsp3) is 0.500. The van der Waals surface area contributed by atoms with E-state index in [4.69, 9.17) is 5.26 Å². The second-order valence-electron chi connectivity index (χ2n) is 5.15. The molecule has 1 unspecified atom stereocenters. The maximum Gasteiger partial charge on any atom is 0.222 e. The molecule has 0 spiro atoms. The van der Waals surface area contributed by atoms with E-state index in [-0.39, 0.29) is 11.8 Å². The molecular weight excluding hydrogens is 236 g/mol. The van der Waals surface area contributed by atoms with Crippen LogP contribution in [-0.4, -0.2) is 23.9 Å². The predicted molar refractivity (Wildman–Crippen MR) is 74.3 cm³/mol. The molecule has 3 nitrogen and oxygen atoms in total. The zero-order valence-electron chi connectivity index (χ0n) is 11.2. The van der Waals surface area contributed by atoms with Gasteiger partial charge in [-0.2, -0.15) is 5.26 Å². The third kappa shape index (κ3) is 4.10. The maximum atomic E-state index is 12.1. The van der Waals surface area contributed by atoms with Gasteiger partial charge in [0.25, 0.3) is 0 Å². The van der Waals surface area contributed by atoms with E-state index >= 15 is 0 Å². The first-order valence-corrected chi connectivity index (χ1v) is 7.01. The summed E-state index contributed by atoms with van der Waals surface area (Å²) in [5, 5.41) is 8.93. The van der Waals surface area contributed by atoms with Gasteiger partial charge in [0.1, 0.15) is 0 Å². The van der Waals surface area contributed by atoms with Crippen molar-refractivity contribution in [1.82, 2.24) is 4.90 Å². The zero-order valence-corrected chi connectivity index (χ0v) is 11.2. The predicted octanol–water partition coefficient (Wildman–Crippen LogP) is 2.77. The molecule has 1 aliphatic heterocycles. The monoisotopic (exact) mass is 256 g/mol. The molecule has 0 bridgehead atoms. The normalized spacial score (nSPS) is 18.9. The van der Waals surface area contributed by atoms with Gasteiger partial charge in [0.2, 0.25) is 5.91 Å². The molecule has 19 heavy (non-hydrogen) atoms. The van der Waals surface area contributed by atoms with Crippen LogP contribution in [0.1, 0.15) is 31.2 Å². The number of rotatable bonds is 4. The van der Waals surface area contributed by atoms with Crippen LogP contribution < -0.4 is 0 Å². The molecular formula is C16H20N2O. The highest BCUT2D eigenvalue weighted by Gasteiger charge is 2.22. The third-order valence-corrected chi connectivity index (χ3v) is 3.66. The Morgan fingerprint density at radius 1 is 1.37 bits per heavy atom. The van der Waals surface area contributed by atoms with Crippen molar-refractivity contribution in [3.8, 4) is 6.07 Å². The fourth-order valence-electron chi connectivity index (χ4n) is 2.56. The molecule has 1 aromatic rings. The zero-order chi connectivity index (χ0) is 13.5. The van der Waals surface area contributed by atoms with Gasteiger partial charge in [-0.15, -0.1) is 0 Å². The molecule has 0 N–H and O–H groups in total. The van der Waals surface area contributed by atoms with Crippen molar-refractivity contribution in [3.05, 3.63) is 35.9 Å². The van der Waals surface area contributed by atoms with Crippen LogP contribution in [0.15, 0.2) is 30.3 Å². The molecule has 1 aliphatic rings. The summed E-state index contributed by atoms with van der Waals surface area (Å²) in [7, 11) is 0. The van der Waals surface area contributed by atoms with E-state index in [2.05, 4.69) is 18.2 Å². The fourth-order valence-corrected chi connectivity index (χ4v) is 2.56. The third-order valence-electron chi connectivity index (χ3n) is 3.66. The molecule has 1 fully saturated rings. The number of carbonyl (C=O) groups is 1. The number of likely N-dealkylation sites (tertiary alicyclic amines) is 1. The minimum absolute atomic E-state index is 0.0341. The van der Waals surface area contributed by atoms with Crippen LogP contribution in [0.4, 0.5) is 0 Å². The Bertz CT molecular complexity index is 450. The second kappa shape index (κ2) is 6.94. The molecule has 2 rings (SSSR count). The van der Waals surface area contributed by atoms with Gasteiger partial charge in [0.05, 0.1) is 12.0 Å². The van der Waals surface area contributed by atoms with Crippen molar-refractivity contribution in [3.63, 3.8) is 0 Å². The Balaban J connectivity index is 1.74. The lowest BCUT2D eigenvalue weighted by atomic mass is 9.99. The van der Waals surface area contributed by atoms with Gasteiger partial charge in [-0.1, -0.05) is 30.3 Å². The Morgan fingerprint density at radius 3 is 2.89 bits per heavy atom. The Morgan fingerprint density at radius 2 is 2.16 bits per heavy atom. The van der Waals surface area contributed by atoms with Gasteiger partial charge in [0, 0.05) is 19.5 Å². The lowest BCUT2D eigenvalue weighted by Gasteiger charge is -2.29. The van der Waals surface area contributed by atoms with E-state index < -0.39 is 0 Å². The van der Waals surface area contributed by atoms with Crippen LogP contribution in [0.3, 0.4) is 0 Å². The van der Waals surface area contributed by atoms with E-state index in [1.807, 2.05) is 23.1 Å². The lowest BCUT2D eigenvalue weighted by Crippen LogP contribution is -2.39. The highest BCUT2D eigenvalue weighted by molar-refractivity contribution is 5.76. The summed E-state index contributed by atoms with van der Waals surface area (Å²) in [5.74, 6) is 0.239. The van der Waals surface area contributed by atoms with Crippen molar-refractivity contribution in [2.45, 2.75) is 32.1 Å². The number of nitrogens with zero attached hydrogens (tertiary/aromatic N) is 2. The quantitative estimate of drug-likeness (QED) is 0.831. The minimum atomic E-state index is 0.0341. The highest BCUT2D eigenvalue weighted by atomic mass is 16.2. The van der Waals surface area contributed by atoms with E-state index in [1.54, 1.807) is 0 Å². The number of nitriles is 1. The van der Waals surface area contributed by atoms with E-state index in [9.17, 15) is 4.79 Å². The van der Waals surface area contributed by atoms with Crippen LogP contribution in [0.25, 0.3) is 0 Å². The molecule has 1 heterocycles. The highest BCUT2D eigenvalue weighted by Crippen LogP contribution is 2.17. The number of benzene rings is 1. The number of amides is 1. The van der Waals surface area contributed by atoms with Crippen molar-refractivity contribution in [1.29, 1.82) is 5.26 Å². The molecule has 1 saturated heterocycles. The molecule has 1 atom stereocenters. The number of hydrogen-bond acceptors (Lipinski definition) is 2. The SMILES string of the molecule is N#CC1CCCN(C(=O)CCCc2ccccc2)C1. The van der Waals surface area contributed by atoms with Gasteiger partial charge < -0.3 is 4.90 Å². The molecule has 0 saturated carbocycles. The topological polar surface area (TPSA) is 44.1 Å². The van der Waals surface area contributed by atoms with Gasteiger partial charge in [-0.3, -0.25) is 4.79 Å². The van der Waals surface area contributed by atoms with Crippen LogP contribution in [-0.2, 0) is 11.2 Å². The lowest BCUT2D eigenvalue weighted by molar-refractivity contribution is -0.132. The summed E-state index contributed by atoms with van der Waals surface area (Å²) in [5.41, 5.74) is 1.28. The number of hydrogen-bond donors (Lipinski definition) is 0. The first kappa shape index (κ1) is 13.6. The summed E-state index contributed by atoms with van der Waals surface area (Å²) in [6, 6.07) is 12.5. The largest absolute Gasteiger partial charge is 0.341 e. The minimum Gasteiger partial charge on any atom is -0.341 e. The standard InChI is InChI=1S/C16H20N2O/c17-12-15-9-5-11-18(13-15)16(19)10-4-8-14-6-2-1-3-7-14/h1-3,6-7,15H,4-5,8-11,13H2. The first-order chi connectivity index (χ1) is 9.29. The number of aryl methyl sites for hydroxylation is 1. The van der Waals surface area contributed by atoms with E-state index in [0.29, 0.717) is 13.0 Å². The van der Waals surface area contributed by atoms with Crippen molar-refractivity contribution < 1.29 is 4.79 Å². The Labute approximate surface area is 114 Å². The number of piperidine rings is 1. The molecule has 0 aliphatic carbocycles. The second-order valence-corrected chi connectivity index (χ2v) is 5.15. The van der Waals surface area contributed by atoms with Crippen LogP contribution in [0.5, 0.6) is 0 Å². The molecule has 1 aromatic carbocycles. The molecule has 0 radical (unpaired) electrons. The van der Waals surface area contributed by atoms with Crippen LogP contribution in [0.2, 0.25) is 0 Å². The summed E-state index contributed by atoms with van der Waals surface area (Å²) >= 11 is 0. The van der Waals surface area contributed by atoms with Crippen LogP contribution >= 0.6 is 0 Å². The molecule has 100 valence electrons. The van der Waals surface area contributed by atoms with Crippen molar-refractivity contribution in [2.75, 3.05) is 13.1 Å². The van der Waals surface area contributed by atoms with Gasteiger partial charge in [-0.05, 0) is 31.2 Å². The van der Waals surface area contributed by atoms with Crippen molar-refractivity contribution >= 4 is 5.91 Å². The molecule has 3 heteroatoms. The van der Waals surface area contributed by atoms with Gasteiger partial charge in [0.15, 0.2) is 0 Å². The average molecular weight is 256 g/mol. The average Bonchev–Trinajstić information content (AvgIpc) is 2.48. The van der Waals surface area contributed by atoms with E-state index in [0.717, 1.165) is 32.2 Å². The van der Waals surface area contributed by atoms with E-state index in [1.165, 1.54) is 5.56 Å². The Hall–Kier alpha value is -1.82. The molecule has 0 aromatic heterocycles. The summed E-state index contributed by atoms with van der Waals surface area (Å²) < 4.78 is 0. The Kier molecular flexibility index (Phi) is 4.97. The van der Waals surface area contributed by atoms with Crippen molar-refractivity contribution in [2.24, 2.45) is 5.92 Å². The van der Waals surface area contributed by atoms with Crippen LogP contribution in [0, 0.1) is 17.2 Å². The van der Waals surface area contributed by atoms with Gasteiger partial charge >= 0.3 is 0 Å². The molecule has 1 amide bonds. The smallest absolute Gasteiger partial charge is 0.222 e.